The molecule has 110 valence electrons. The Morgan fingerprint density at radius 1 is 1.50 bits per heavy atom. The predicted molar refractivity (Wildman–Crippen MR) is 79.7 cm³/mol. The summed E-state index contributed by atoms with van der Waals surface area (Å²) in [5.74, 6) is 0.0178. The molecule has 2 rings (SSSR count). The summed E-state index contributed by atoms with van der Waals surface area (Å²) < 4.78 is 5.70. The molecular weight excluding hydrogens is 276 g/mol. The number of ether oxygens (including phenoxy) is 1. The normalized spacial score (nSPS) is 22.1. The topological polar surface area (TPSA) is 55.6 Å². The van der Waals surface area contributed by atoms with E-state index in [0.29, 0.717) is 19.6 Å². The summed E-state index contributed by atoms with van der Waals surface area (Å²) in [5.41, 5.74) is 6.01. The minimum absolute atomic E-state index is 0.0178. The molecule has 1 aliphatic rings. The van der Waals surface area contributed by atoms with Crippen LogP contribution in [0.4, 0.5) is 0 Å². The molecule has 1 saturated heterocycles. The van der Waals surface area contributed by atoms with E-state index in [1.54, 1.807) is 13.8 Å². The first-order valence-corrected chi connectivity index (χ1v) is 7.22. The largest absolute Gasteiger partial charge is 0.359 e. The first-order chi connectivity index (χ1) is 9.42. The maximum atomic E-state index is 12.3. The smallest absolute Gasteiger partial charge is 0.254 e. The SMILES string of the molecule is CC1(C)OC(CN)CN(CCc2cccc(Cl)c2)C1=O. The van der Waals surface area contributed by atoms with Gasteiger partial charge in [0, 0.05) is 24.7 Å². The molecule has 0 spiro atoms. The second-order valence-electron chi connectivity index (χ2n) is 5.62. The lowest BCUT2D eigenvalue weighted by atomic mass is 10.0. The van der Waals surface area contributed by atoms with E-state index in [-0.39, 0.29) is 12.0 Å². The number of hydrogen-bond acceptors (Lipinski definition) is 3. The van der Waals surface area contributed by atoms with Gasteiger partial charge in [-0.15, -0.1) is 0 Å². The molecule has 20 heavy (non-hydrogen) atoms. The van der Waals surface area contributed by atoms with Crippen molar-refractivity contribution in [2.75, 3.05) is 19.6 Å². The highest BCUT2D eigenvalue weighted by atomic mass is 35.5. The van der Waals surface area contributed by atoms with E-state index >= 15 is 0 Å². The van der Waals surface area contributed by atoms with Crippen molar-refractivity contribution in [3.05, 3.63) is 34.9 Å². The zero-order valence-electron chi connectivity index (χ0n) is 11.9. The summed E-state index contributed by atoms with van der Waals surface area (Å²) in [6.45, 7) is 5.22. The molecule has 1 aliphatic heterocycles. The number of morpholine rings is 1. The summed E-state index contributed by atoms with van der Waals surface area (Å²) in [4.78, 5) is 14.2. The lowest BCUT2D eigenvalue weighted by Crippen LogP contribution is -2.59. The number of rotatable bonds is 4. The number of amides is 1. The molecule has 0 aliphatic carbocycles. The van der Waals surface area contributed by atoms with Crippen LogP contribution >= 0.6 is 11.6 Å². The molecule has 2 N–H and O–H groups in total. The van der Waals surface area contributed by atoms with Gasteiger partial charge in [0.25, 0.3) is 5.91 Å². The van der Waals surface area contributed by atoms with Crippen molar-refractivity contribution in [1.29, 1.82) is 0 Å². The number of halogens is 1. The molecule has 1 aromatic carbocycles. The fourth-order valence-electron chi connectivity index (χ4n) is 2.49. The fourth-order valence-corrected chi connectivity index (χ4v) is 2.70. The van der Waals surface area contributed by atoms with Crippen LogP contribution in [0.5, 0.6) is 0 Å². The van der Waals surface area contributed by atoms with Crippen LogP contribution in [0.15, 0.2) is 24.3 Å². The second-order valence-corrected chi connectivity index (χ2v) is 6.05. The molecule has 1 aromatic rings. The molecule has 0 aromatic heterocycles. The molecule has 0 bridgehead atoms. The Balaban J connectivity index is 2.02. The summed E-state index contributed by atoms with van der Waals surface area (Å²) in [5, 5.41) is 0.718. The van der Waals surface area contributed by atoms with E-state index in [2.05, 4.69) is 0 Å². The molecule has 1 amide bonds. The van der Waals surface area contributed by atoms with Crippen LogP contribution in [0.1, 0.15) is 19.4 Å². The van der Waals surface area contributed by atoms with Gasteiger partial charge in [-0.1, -0.05) is 23.7 Å². The number of carbonyl (C=O) groups excluding carboxylic acids is 1. The van der Waals surface area contributed by atoms with Crippen molar-refractivity contribution in [2.45, 2.75) is 32.0 Å². The first kappa shape index (κ1) is 15.3. The Hall–Kier alpha value is -1.10. The summed E-state index contributed by atoms with van der Waals surface area (Å²) >= 11 is 5.97. The standard InChI is InChI=1S/C15H21ClN2O2/c1-15(2)14(19)18(10-13(9-17)20-15)7-6-11-4-3-5-12(16)8-11/h3-5,8,13H,6-7,9-10,17H2,1-2H3. The monoisotopic (exact) mass is 296 g/mol. The summed E-state index contributed by atoms with van der Waals surface area (Å²) in [6.07, 6.45) is 0.682. The van der Waals surface area contributed by atoms with Gasteiger partial charge in [-0.05, 0) is 38.0 Å². The fraction of sp³-hybridized carbons (Fsp3) is 0.533. The third-order valence-corrected chi connectivity index (χ3v) is 3.74. The number of nitrogens with zero attached hydrogens (tertiary/aromatic N) is 1. The molecular formula is C15H21ClN2O2. The number of nitrogens with two attached hydrogens (primary N) is 1. The minimum atomic E-state index is -0.795. The van der Waals surface area contributed by atoms with Crippen LogP contribution < -0.4 is 5.73 Å². The quantitative estimate of drug-likeness (QED) is 0.922. The highest BCUT2D eigenvalue weighted by Crippen LogP contribution is 2.22. The van der Waals surface area contributed by atoms with Gasteiger partial charge in [-0.3, -0.25) is 4.79 Å². The Kier molecular flexibility index (Phi) is 4.68. The van der Waals surface area contributed by atoms with Crippen LogP contribution in [0.2, 0.25) is 5.02 Å². The highest BCUT2D eigenvalue weighted by molar-refractivity contribution is 6.30. The number of carbonyl (C=O) groups is 1. The van der Waals surface area contributed by atoms with Crippen molar-refractivity contribution in [1.82, 2.24) is 4.90 Å². The average Bonchev–Trinajstić information content (AvgIpc) is 2.40. The molecule has 1 fully saturated rings. The van der Waals surface area contributed by atoms with Crippen molar-refractivity contribution >= 4 is 17.5 Å². The van der Waals surface area contributed by atoms with E-state index in [1.165, 1.54) is 0 Å². The van der Waals surface area contributed by atoms with Gasteiger partial charge in [-0.25, -0.2) is 0 Å². The van der Waals surface area contributed by atoms with E-state index < -0.39 is 5.60 Å². The Labute approximate surface area is 124 Å². The van der Waals surface area contributed by atoms with Crippen molar-refractivity contribution in [2.24, 2.45) is 5.73 Å². The highest BCUT2D eigenvalue weighted by Gasteiger charge is 2.40. The maximum Gasteiger partial charge on any atom is 0.254 e. The molecule has 1 atom stereocenters. The Morgan fingerprint density at radius 3 is 2.90 bits per heavy atom. The molecule has 4 nitrogen and oxygen atoms in total. The van der Waals surface area contributed by atoms with E-state index in [1.807, 2.05) is 29.2 Å². The first-order valence-electron chi connectivity index (χ1n) is 6.84. The lowest BCUT2D eigenvalue weighted by molar-refractivity contribution is -0.177. The van der Waals surface area contributed by atoms with Crippen LogP contribution in [-0.4, -0.2) is 42.1 Å². The second kappa shape index (κ2) is 6.12. The van der Waals surface area contributed by atoms with E-state index in [4.69, 9.17) is 22.1 Å². The van der Waals surface area contributed by atoms with Gasteiger partial charge < -0.3 is 15.4 Å². The minimum Gasteiger partial charge on any atom is -0.359 e. The molecule has 5 heteroatoms. The Bertz CT molecular complexity index is 491. The zero-order chi connectivity index (χ0) is 14.8. The summed E-state index contributed by atoms with van der Waals surface area (Å²) in [6, 6.07) is 7.71. The van der Waals surface area contributed by atoms with Gasteiger partial charge in [0.1, 0.15) is 5.60 Å². The van der Waals surface area contributed by atoms with Crippen molar-refractivity contribution in [3.63, 3.8) is 0 Å². The predicted octanol–water partition coefficient (Wildman–Crippen LogP) is 1.85. The third kappa shape index (κ3) is 3.51. The van der Waals surface area contributed by atoms with E-state index in [9.17, 15) is 4.79 Å². The van der Waals surface area contributed by atoms with E-state index in [0.717, 1.165) is 17.0 Å². The van der Waals surface area contributed by atoms with Crippen LogP contribution in [0.25, 0.3) is 0 Å². The van der Waals surface area contributed by atoms with Crippen LogP contribution in [0, 0.1) is 0 Å². The Morgan fingerprint density at radius 2 is 2.25 bits per heavy atom. The van der Waals surface area contributed by atoms with Gasteiger partial charge in [0.05, 0.1) is 6.10 Å². The zero-order valence-corrected chi connectivity index (χ0v) is 12.7. The van der Waals surface area contributed by atoms with Crippen molar-refractivity contribution < 1.29 is 9.53 Å². The lowest BCUT2D eigenvalue weighted by Gasteiger charge is -2.41. The van der Waals surface area contributed by atoms with Gasteiger partial charge in [-0.2, -0.15) is 0 Å². The van der Waals surface area contributed by atoms with Crippen LogP contribution in [-0.2, 0) is 16.0 Å². The van der Waals surface area contributed by atoms with Gasteiger partial charge in [0.15, 0.2) is 0 Å². The third-order valence-electron chi connectivity index (χ3n) is 3.51. The molecule has 0 saturated carbocycles. The molecule has 1 unspecified atom stereocenters. The number of hydrogen-bond donors (Lipinski definition) is 1. The van der Waals surface area contributed by atoms with Gasteiger partial charge in [0.2, 0.25) is 0 Å². The molecule has 1 heterocycles. The maximum absolute atomic E-state index is 12.3. The summed E-state index contributed by atoms with van der Waals surface area (Å²) in [7, 11) is 0. The van der Waals surface area contributed by atoms with Gasteiger partial charge >= 0.3 is 0 Å². The van der Waals surface area contributed by atoms with Crippen molar-refractivity contribution in [3.8, 4) is 0 Å². The molecule has 0 radical (unpaired) electrons. The number of benzene rings is 1. The average molecular weight is 297 g/mol. The van der Waals surface area contributed by atoms with Crippen LogP contribution in [0.3, 0.4) is 0 Å².